The third-order valence-corrected chi connectivity index (χ3v) is 6.77. The summed E-state index contributed by atoms with van der Waals surface area (Å²) < 4.78 is 2.77. The molecule has 0 saturated carbocycles. The molecule has 0 bridgehead atoms. The van der Waals surface area contributed by atoms with Crippen LogP contribution >= 0.6 is 34.9 Å². The highest BCUT2D eigenvalue weighted by Gasteiger charge is 2.33. The molecule has 0 radical (unpaired) electrons. The quantitative estimate of drug-likeness (QED) is 0.803. The van der Waals surface area contributed by atoms with Crippen molar-refractivity contribution < 1.29 is 0 Å². The van der Waals surface area contributed by atoms with Gasteiger partial charge in [0.25, 0.3) is 0 Å². The molecule has 3 heterocycles. The summed E-state index contributed by atoms with van der Waals surface area (Å²) in [7, 11) is 0. The van der Waals surface area contributed by atoms with Crippen LogP contribution < -0.4 is 0 Å². The molecule has 0 N–H and O–H groups in total. The molecular formula is C15H14N2S3. The molecular weight excluding hydrogens is 304 g/mol. The third-order valence-electron chi connectivity index (χ3n) is 3.58. The second-order valence-electron chi connectivity index (χ2n) is 4.91. The van der Waals surface area contributed by atoms with E-state index in [0.717, 1.165) is 13.1 Å². The van der Waals surface area contributed by atoms with Gasteiger partial charge in [-0.2, -0.15) is 0 Å². The SMILES string of the molecule is CSC1=C(c2cc(C)cc3ccsc23)N2CCN=C2S1. The Balaban J connectivity index is 1.97. The molecule has 0 unspecified atom stereocenters. The summed E-state index contributed by atoms with van der Waals surface area (Å²) in [5, 5.41) is 4.72. The minimum absolute atomic E-state index is 0.924. The Labute approximate surface area is 131 Å². The first kappa shape index (κ1) is 12.8. The van der Waals surface area contributed by atoms with Crippen LogP contribution in [0.5, 0.6) is 0 Å². The van der Waals surface area contributed by atoms with Crippen molar-refractivity contribution in [2.24, 2.45) is 4.99 Å². The summed E-state index contributed by atoms with van der Waals surface area (Å²) in [5.74, 6) is 0. The lowest BCUT2D eigenvalue weighted by molar-refractivity contribution is 0.650. The van der Waals surface area contributed by atoms with E-state index in [4.69, 9.17) is 0 Å². The number of rotatable bonds is 2. The van der Waals surface area contributed by atoms with Crippen LogP contribution in [-0.4, -0.2) is 29.4 Å². The fourth-order valence-electron chi connectivity index (χ4n) is 2.76. The van der Waals surface area contributed by atoms with Gasteiger partial charge in [0.15, 0.2) is 5.17 Å². The number of fused-ring (bicyclic) bond motifs is 2. The topological polar surface area (TPSA) is 15.6 Å². The minimum atomic E-state index is 0.924. The Morgan fingerprint density at radius 3 is 3.10 bits per heavy atom. The van der Waals surface area contributed by atoms with E-state index in [2.05, 4.69) is 46.7 Å². The molecule has 2 aliphatic heterocycles. The monoisotopic (exact) mass is 318 g/mol. The van der Waals surface area contributed by atoms with Crippen molar-refractivity contribution in [2.45, 2.75) is 6.92 Å². The zero-order chi connectivity index (χ0) is 13.7. The van der Waals surface area contributed by atoms with Gasteiger partial charge in [-0.15, -0.1) is 23.1 Å². The molecule has 1 aromatic carbocycles. The van der Waals surface area contributed by atoms with E-state index in [1.807, 2.05) is 34.9 Å². The van der Waals surface area contributed by atoms with Crippen molar-refractivity contribution in [2.75, 3.05) is 19.3 Å². The Hall–Kier alpha value is -0.910. The second-order valence-corrected chi connectivity index (χ2v) is 7.88. The van der Waals surface area contributed by atoms with Crippen LogP contribution in [0.4, 0.5) is 0 Å². The van der Waals surface area contributed by atoms with Crippen LogP contribution in [-0.2, 0) is 0 Å². The fourth-order valence-corrected chi connectivity index (χ4v) is 5.56. The number of thioether (sulfide) groups is 2. The number of thiophene rings is 1. The number of nitrogens with zero attached hydrogens (tertiary/aromatic N) is 2. The van der Waals surface area contributed by atoms with Gasteiger partial charge in [0.2, 0.25) is 0 Å². The molecule has 0 aliphatic carbocycles. The smallest absolute Gasteiger partial charge is 0.169 e. The van der Waals surface area contributed by atoms with Crippen molar-refractivity contribution in [1.82, 2.24) is 4.90 Å². The van der Waals surface area contributed by atoms with Gasteiger partial charge in [0.1, 0.15) is 0 Å². The Morgan fingerprint density at radius 2 is 2.25 bits per heavy atom. The van der Waals surface area contributed by atoms with Crippen molar-refractivity contribution in [3.05, 3.63) is 38.9 Å². The molecule has 2 aliphatic rings. The highest BCUT2D eigenvalue weighted by Crippen LogP contribution is 2.48. The second kappa shape index (κ2) is 4.83. The van der Waals surface area contributed by atoms with Crippen LogP contribution in [0.3, 0.4) is 0 Å². The molecule has 102 valence electrons. The van der Waals surface area contributed by atoms with Crippen LogP contribution in [0.15, 0.2) is 32.8 Å². The number of amidine groups is 1. The minimum Gasteiger partial charge on any atom is -0.317 e. The van der Waals surface area contributed by atoms with E-state index in [1.54, 1.807) is 0 Å². The van der Waals surface area contributed by atoms with Gasteiger partial charge in [0, 0.05) is 16.8 Å². The number of benzene rings is 1. The molecule has 1 aromatic heterocycles. The lowest BCUT2D eigenvalue weighted by atomic mass is 10.1. The summed E-state index contributed by atoms with van der Waals surface area (Å²) in [6, 6.07) is 6.82. The zero-order valence-corrected chi connectivity index (χ0v) is 13.8. The summed E-state index contributed by atoms with van der Waals surface area (Å²) in [6.07, 6.45) is 2.16. The Kier molecular flexibility index (Phi) is 3.09. The lowest BCUT2D eigenvalue weighted by Crippen LogP contribution is -2.20. The number of aryl methyl sites for hydroxylation is 1. The Bertz CT molecular complexity index is 758. The molecule has 4 rings (SSSR count). The van der Waals surface area contributed by atoms with Crippen LogP contribution in [0.1, 0.15) is 11.1 Å². The average Bonchev–Trinajstić information content (AvgIpc) is 3.11. The van der Waals surface area contributed by atoms with Crippen LogP contribution in [0.2, 0.25) is 0 Å². The van der Waals surface area contributed by atoms with Crippen LogP contribution in [0.25, 0.3) is 15.8 Å². The van der Waals surface area contributed by atoms with Crippen LogP contribution in [0, 0.1) is 6.92 Å². The van der Waals surface area contributed by atoms with E-state index in [1.165, 1.54) is 36.3 Å². The van der Waals surface area contributed by atoms with Gasteiger partial charge < -0.3 is 4.90 Å². The maximum Gasteiger partial charge on any atom is 0.169 e. The first-order valence-corrected chi connectivity index (χ1v) is 9.46. The van der Waals surface area contributed by atoms with Gasteiger partial charge in [-0.25, -0.2) is 0 Å². The first-order valence-electron chi connectivity index (χ1n) is 6.54. The molecule has 5 heteroatoms. The maximum absolute atomic E-state index is 4.62. The van der Waals surface area contributed by atoms with E-state index >= 15 is 0 Å². The third kappa shape index (κ3) is 1.84. The van der Waals surface area contributed by atoms with E-state index in [-0.39, 0.29) is 0 Å². The summed E-state index contributed by atoms with van der Waals surface area (Å²) in [6.45, 7) is 4.12. The predicted octanol–water partition coefficient (Wildman–Crippen LogP) is 4.62. The lowest BCUT2D eigenvalue weighted by Gasteiger charge is -2.18. The highest BCUT2D eigenvalue weighted by molar-refractivity contribution is 8.30. The largest absolute Gasteiger partial charge is 0.317 e. The maximum atomic E-state index is 4.62. The van der Waals surface area contributed by atoms with Crippen molar-refractivity contribution in [3.8, 4) is 0 Å². The van der Waals surface area contributed by atoms with E-state index in [0.29, 0.717) is 0 Å². The fraction of sp³-hybridized carbons (Fsp3) is 0.267. The molecule has 0 saturated heterocycles. The molecule has 2 aromatic rings. The summed E-state index contributed by atoms with van der Waals surface area (Å²) in [4.78, 5) is 7.01. The van der Waals surface area contributed by atoms with Gasteiger partial charge in [-0.1, -0.05) is 6.07 Å². The average molecular weight is 318 g/mol. The number of hydrogen-bond donors (Lipinski definition) is 0. The number of hydrogen-bond acceptors (Lipinski definition) is 5. The van der Waals surface area contributed by atoms with E-state index < -0.39 is 0 Å². The normalized spacial score (nSPS) is 18.1. The molecule has 2 nitrogen and oxygen atoms in total. The number of aliphatic imine (C=N–C) groups is 1. The van der Waals surface area contributed by atoms with Gasteiger partial charge in [-0.05, 0) is 53.4 Å². The van der Waals surface area contributed by atoms with Gasteiger partial charge in [-0.3, -0.25) is 4.99 Å². The van der Waals surface area contributed by atoms with Gasteiger partial charge >= 0.3 is 0 Å². The van der Waals surface area contributed by atoms with Crippen molar-refractivity contribution in [3.63, 3.8) is 0 Å². The molecule has 0 amide bonds. The highest BCUT2D eigenvalue weighted by atomic mass is 32.2. The molecule has 0 atom stereocenters. The van der Waals surface area contributed by atoms with Crippen molar-refractivity contribution >= 4 is 55.8 Å². The van der Waals surface area contributed by atoms with Gasteiger partial charge in [0.05, 0.1) is 16.5 Å². The van der Waals surface area contributed by atoms with E-state index in [9.17, 15) is 0 Å². The molecule has 0 fully saturated rings. The Morgan fingerprint density at radius 1 is 1.35 bits per heavy atom. The predicted molar refractivity (Wildman–Crippen MR) is 93.6 cm³/mol. The standard InChI is InChI=1S/C15H14N2S3/c1-9-7-10-3-6-19-13(10)11(8-9)12-14(18-2)20-15-16-4-5-17(12)15/h3,6-8H,4-5H2,1-2H3. The molecule has 0 spiro atoms. The first-order chi connectivity index (χ1) is 9.78. The molecule has 20 heavy (non-hydrogen) atoms. The van der Waals surface area contributed by atoms with Crippen molar-refractivity contribution in [1.29, 1.82) is 0 Å². The zero-order valence-electron chi connectivity index (χ0n) is 11.3. The summed E-state index contributed by atoms with van der Waals surface area (Å²) >= 11 is 5.50. The summed E-state index contributed by atoms with van der Waals surface area (Å²) in [5.41, 5.74) is 4.07.